The Bertz CT molecular complexity index is 1250. The van der Waals surface area contributed by atoms with Crippen LogP contribution >= 0.6 is 0 Å². The van der Waals surface area contributed by atoms with Crippen LogP contribution < -0.4 is 16.1 Å². The molecule has 0 aliphatic carbocycles. The molecule has 2 aliphatic heterocycles. The van der Waals surface area contributed by atoms with Gasteiger partial charge in [-0.3, -0.25) is 14.3 Å². The molecular weight excluding hydrogens is 375 g/mol. The summed E-state index contributed by atoms with van der Waals surface area (Å²) in [6.07, 6.45) is 1.72. The van der Waals surface area contributed by atoms with Crippen molar-refractivity contribution in [2.45, 2.75) is 19.6 Å². The van der Waals surface area contributed by atoms with E-state index in [-0.39, 0.29) is 17.8 Å². The maximum absolute atomic E-state index is 13.5. The number of nitrogens with one attached hydrogen (secondary N) is 1. The van der Waals surface area contributed by atoms with Gasteiger partial charge < -0.3 is 9.74 Å². The minimum absolute atomic E-state index is 0.0671. The number of H-pyrrole nitrogens is 1. The first-order chi connectivity index (χ1) is 14.1. The topological polar surface area (TPSA) is 79.7 Å². The lowest BCUT2D eigenvalue weighted by Gasteiger charge is -2.24. The van der Waals surface area contributed by atoms with Gasteiger partial charge in [0.05, 0.1) is 35.3 Å². The van der Waals surface area contributed by atoms with Crippen molar-refractivity contribution in [3.05, 3.63) is 63.1 Å². The van der Waals surface area contributed by atoms with Crippen LogP contribution in [-0.4, -0.2) is 35.0 Å². The number of rotatable bonds is 3. The number of benzene rings is 2. The maximum Gasteiger partial charge on any atom is 0.328 e. The van der Waals surface area contributed by atoms with Gasteiger partial charge in [0.2, 0.25) is 0 Å². The number of aromatic nitrogens is 2. The van der Waals surface area contributed by atoms with Crippen LogP contribution in [0.4, 0.5) is 10.1 Å². The Labute approximate surface area is 165 Å². The third-order valence-corrected chi connectivity index (χ3v) is 5.68. The molecule has 29 heavy (non-hydrogen) atoms. The van der Waals surface area contributed by atoms with E-state index >= 15 is 0 Å². The number of nitrogens with zero attached hydrogens (tertiary/aromatic N) is 3. The number of aryl methyl sites for hydroxylation is 1. The molecule has 2 aromatic carbocycles. The molecule has 0 spiro atoms. The zero-order valence-electron chi connectivity index (χ0n) is 15.8. The SMILES string of the molecule is CCn1c(=O)[nH]c(=O)c2c(N3C[C@H]4C=NO[C@H]4C3)c(-c3ccc(F)cc3)ccc21. The van der Waals surface area contributed by atoms with Crippen molar-refractivity contribution in [1.82, 2.24) is 9.55 Å². The zero-order valence-corrected chi connectivity index (χ0v) is 15.8. The van der Waals surface area contributed by atoms with Crippen LogP contribution in [0.5, 0.6) is 0 Å². The summed E-state index contributed by atoms with van der Waals surface area (Å²) < 4.78 is 15.0. The van der Waals surface area contributed by atoms with Crippen LogP contribution in [0.25, 0.3) is 22.0 Å². The summed E-state index contributed by atoms with van der Waals surface area (Å²) in [5.74, 6) is -0.184. The summed E-state index contributed by atoms with van der Waals surface area (Å²) in [5.41, 5.74) is 2.04. The van der Waals surface area contributed by atoms with Gasteiger partial charge in [-0.1, -0.05) is 23.4 Å². The molecule has 1 N–H and O–H groups in total. The van der Waals surface area contributed by atoms with E-state index in [9.17, 15) is 14.0 Å². The molecule has 0 unspecified atom stereocenters. The second-order valence-electron chi connectivity index (χ2n) is 7.33. The number of oxime groups is 1. The van der Waals surface area contributed by atoms with Crippen LogP contribution in [0.1, 0.15) is 6.92 Å². The van der Waals surface area contributed by atoms with E-state index in [0.717, 1.165) is 16.8 Å². The molecule has 2 aliphatic rings. The van der Waals surface area contributed by atoms with Gasteiger partial charge >= 0.3 is 5.69 Å². The normalized spacial score (nSPS) is 20.3. The first kappa shape index (κ1) is 17.7. The van der Waals surface area contributed by atoms with Crippen molar-refractivity contribution in [2.24, 2.45) is 11.1 Å². The smallest absolute Gasteiger partial charge is 0.328 e. The van der Waals surface area contributed by atoms with Crippen molar-refractivity contribution < 1.29 is 9.23 Å². The fourth-order valence-corrected chi connectivity index (χ4v) is 4.30. The monoisotopic (exact) mass is 394 g/mol. The Morgan fingerprint density at radius 3 is 2.69 bits per heavy atom. The maximum atomic E-state index is 13.5. The van der Waals surface area contributed by atoms with Crippen LogP contribution in [0.3, 0.4) is 0 Å². The van der Waals surface area contributed by atoms with Gasteiger partial charge in [-0.15, -0.1) is 0 Å². The largest absolute Gasteiger partial charge is 0.390 e. The second kappa shape index (κ2) is 6.58. The number of halogens is 1. The molecule has 0 bridgehead atoms. The Balaban J connectivity index is 1.81. The van der Waals surface area contributed by atoms with Crippen LogP contribution in [0.15, 0.2) is 51.1 Å². The number of aromatic amines is 1. The standard InChI is InChI=1S/C21H19FN4O3/c1-2-26-16-8-7-15(12-3-5-14(22)6-4-12)19(18(16)20(27)24-21(26)28)25-10-13-9-23-29-17(13)11-25/h3-9,13,17H,2,10-11H2,1H3,(H,24,27,28)/t13-,17+/m1/s1. The molecule has 8 heteroatoms. The van der Waals surface area contributed by atoms with Crippen molar-refractivity contribution in [1.29, 1.82) is 0 Å². The van der Waals surface area contributed by atoms with Gasteiger partial charge in [-0.25, -0.2) is 9.18 Å². The quantitative estimate of drug-likeness (QED) is 0.740. The molecule has 0 saturated carbocycles. The third-order valence-electron chi connectivity index (χ3n) is 5.68. The summed E-state index contributed by atoms with van der Waals surface area (Å²) in [7, 11) is 0. The first-order valence-electron chi connectivity index (χ1n) is 9.57. The highest BCUT2D eigenvalue weighted by molar-refractivity contribution is 6.00. The van der Waals surface area contributed by atoms with E-state index in [1.54, 1.807) is 29.0 Å². The number of fused-ring (bicyclic) bond motifs is 2. The van der Waals surface area contributed by atoms with Gasteiger partial charge in [0, 0.05) is 18.7 Å². The van der Waals surface area contributed by atoms with E-state index in [4.69, 9.17) is 4.84 Å². The molecule has 1 aromatic heterocycles. The summed E-state index contributed by atoms with van der Waals surface area (Å²) in [5, 5.41) is 4.35. The minimum Gasteiger partial charge on any atom is -0.390 e. The molecule has 5 rings (SSSR count). The molecule has 0 radical (unpaired) electrons. The van der Waals surface area contributed by atoms with Crippen molar-refractivity contribution >= 4 is 22.8 Å². The molecule has 3 heterocycles. The Morgan fingerprint density at radius 2 is 1.97 bits per heavy atom. The van der Waals surface area contributed by atoms with E-state index in [1.807, 2.05) is 13.0 Å². The highest BCUT2D eigenvalue weighted by Gasteiger charge is 2.38. The lowest BCUT2D eigenvalue weighted by molar-refractivity contribution is 0.0854. The summed E-state index contributed by atoms with van der Waals surface area (Å²) in [4.78, 5) is 35.2. The van der Waals surface area contributed by atoms with Gasteiger partial charge in [0.1, 0.15) is 5.82 Å². The Kier molecular flexibility index (Phi) is 4.01. The molecule has 0 amide bonds. The number of anilines is 1. The highest BCUT2D eigenvalue weighted by Crippen LogP contribution is 2.39. The Hall–Kier alpha value is -3.42. The molecule has 2 atom stereocenters. The fourth-order valence-electron chi connectivity index (χ4n) is 4.30. The minimum atomic E-state index is -0.431. The van der Waals surface area contributed by atoms with Crippen molar-refractivity contribution in [3.8, 4) is 11.1 Å². The summed E-state index contributed by atoms with van der Waals surface area (Å²) >= 11 is 0. The van der Waals surface area contributed by atoms with Crippen LogP contribution in [0.2, 0.25) is 0 Å². The van der Waals surface area contributed by atoms with Crippen LogP contribution in [0, 0.1) is 11.7 Å². The molecule has 1 fully saturated rings. The first-order valence-corrected chi connectivity index (χ1v) is 9.57. The number of hydrogen-bond donors (Lipinski definition) is 1. The van der Waals surface area contributed by atoms with Crippen molar-refractivity contribution in [2.75, 3.05) is 18.0 Å². The molecule has 7 nitrogen and oxygen atoms in total. The van der Waals surface area contributed by atoms with E-state index in [2.05, 4.69) is 15.0 Å². The van der Waals surface area contributed by atoms with Gasteiger partial charge in [-0.2, -0.15) is 0 Å². The van der Waals surface area contributed by atoms with Gasteiger partial charge in [-0.05, 0) is 30.7 Å². The predicted octanol–water partition coefficient (Wildman–Crippen LogP) is 2.34. The third kappa shape index (κ3) is 2.74. The van der Waals surface area contributed by atoms with E-state index in [0.29, 0.717) is 30.5 Å². The Morgan fingerprint density at radius 1 is 1.17 bits per heavy atom. The van der Waals surface area contributed by atoms with Crippen LogP contribution in [-0.2, 0) is 11.4 Å². The van der Waals surface area contributed by atoms with Crippen molar-refractivity contribution in [3.63, 3.8) is 0 Å². The summed E-state index contributed by atoms with van der Waals surface area (Å²) in [6.45, 7) is 3.51. The highest BCUT2D eigenvalue weighted by atomic mass is 19.1. The number of hydrogen-bond acceptors (Lipinski definition) is 5. The lowest BCUT2D eigenvalue weighted by atomic mass is 9.99. The average Bonchev–Trinajstić information content (AvgIpc) is 3.30. The summed E-state index contributed by atoms with van der Waals surface area (Å²) in [6, 6.07) is 9.85. The lowest BCUT2D eigenvalue weighted by Crippen LogP contribution is -2.32. The molecule has 1 saturated heterocycles. The average molecular weight is 394 g/mol. The molecular formula is C21H19FN4O3. The second-order valence-corrected chi connectivity index (χ2v) is 7.33. The fraction of sp³-hybridized carbons (Fsp3) is 0.286. The van der Waals surface area contributed by atoms with E-state index < -0.39 is 11.2 Å². The van der Waals surface area contributed by atoms with Gasteiger partial charge in [0.15, 0.2) is 6.10 Å². The van der Waals surface area contributed by atoms with E-state index in [1.165, 1.54) is 12.1 Å². The zero-order chi connectivity index (χ0) is 20.1. The van der Waals surface area contributed by atoms with Gasteiger partial charge in [0.25, 0.3) is 5.56 Å². The molecule has 3 aromatic rings. The molecule has 148 valence electrons. The predicted molar refractivity (Wildman–Crippen MR) is 109 cm³/mol.